The molecule has 2 rings (SSSR count). The van der Waals surface area contributed by atoms with Gasteiger partial charge in [0.25, 0.3) is 5.91 Å². The van der Waals surface area contributed by atoms with Crippen molar-refractivity contribution in [2.24, 2.45) is 0 Å². The van der Waals surface area contributed by atoms with E-state index in [2.05, 4.69) is 21.2 Å². The maximum atomic E-state index is 13.4. The molecule has 21 heavy (non-hydrogen) atoms. The highest BCUT2D eigenvalue weighted by Gasteiger charge is 2.13. The van der Waals surface area contributed by atoms with Crippen LogP contribution in [-0.4, -0.2) is 13.0 Å². The third-order valence-electron chi connectivity index (χ3n) is 2.94. The van der Waals surface area contributed by atoms with Gasteiger partial charge < -0.3 is 15.8 Å². The maximum Gasteiger partial charge on any atom is 0.252 e. The quantitative estimate of drug-likeness (QED) is 0.831. The van der Waals surface area contributed by atoms with E-state index < -0.39 is 5.82 Å². The number of rotatable bonds is 4. The first-order chi connectivity index (χ1) is 10.0. The van der Waals surface area contributed by atoms with Crippen molar-refractivity contribution in [3.63, 3.8) is 0 Å². The van der Waals surface area contributed by atoms with Crippen LogP contribution in [0.2, 0.25) is 0 Å². The SMILES string of the molecule is COc1ccc(N)cc1CNC(=O)c1cccc(F)c1Br. The number of amides is 1. The molecule has 0 unspecified atom stereocenters. The number of ether oxygens (including phenoxy) is 1. The highest BCUT2D eigenvalue weighted by molar-refractivity contribution is 9.10. The molecule has 0 saturated carbocycles. The van der Waals surface area contributed by atoms with Crippen molar-refractivity contribution in [2.75, 3.05) is 12.8 Å². The van der Waals surface area contributed by atoms with Crippen molar-refractivity contribution in [3.8, 4) is 5.75 Å². The zero-order valence-corrected chi connectivity index (χ0v) is 12.9. The topological polar surface area (TPSA) is 64.3 Å². The fraction of sp³-hybridized carbons (Fsp3) is 0.133. The Morgan fingerprint density at radius 1 is 1.38 bits per heavy atom. The van der Waals surface area contributed by atoms with Gasteiger partial charge in [0.1, 0.15) is 11.6 Å². The Hall–Kier alpha value is -2.08. The molecule has 0 aromatic heterocycles. The molecule has 0 fully saturated rings. The predicted molar refractivity (Wildman–Crippen MR) is 82.7 cm³/mol. The largest absolute Gasteiger partial charge is 0.496 e. The Kier molecular flexibility index (Phi) is 4.80. The van der Waals surface area contributed by atoms with E-state index in [0.717, 1.165) is 5.56 Å². The molecule has 0 atom stereocenters. The van der Waals surface area contributed by atoms with Crippen LogP contribution in [-0.2, 0) is 6.54 Å². The van der Waals surface area contributed by atoms with E-state index in [1.54, 1.807) is 31.4 Å². The number of nitrogen functional groups attached to an aromatic ring is 1. The van der Waals surface area contributed by atoms with Gasteiger partial charge in [0.2, 0.25) is 0 Å². The van der Waals surface area contributed by atoms with Crippen LogP contribution in [0.25, 0.3) is 0 Å². The summed E-state index contributed by atoms with van der Waals surface area (Å²) in [4.78, 5) is 12.1. The monoisotopic (exact) mass is 352 g/mol. The lowest BCUT2D eigenvalue weighted by atomic mass is 10.1. The average molecular weight is 353 g/mol. The number of carbonyl (C=O) groups is 1. The normalized spacial score (nSPS) is 10.2. The number of nitrogens with two attached hydrogens (primary N) is 1. The van der Waals surface area contributed by atoms with Crippen LogP contribution in [0.1, 0.15) is 15.9 Å². The molecule has 0 aliphatic carbocycles. The second-order valence-electron chi connectivity index (χ2n) is 4.36. The summed E-state index contributed by atoms with van der Waals surface area (Å²) >= 11 is 3.07. The molecule has 0 heterocycles. The molecule has 0 radical (unpaired) electrons. The summed E-state index contributed by atoms with van der Waals surface area (Å²) in [6, 6.07) is 9.47. The van der Waals surface area contributed by atoms with Crippen molar-refractivity contribution in [1.29, 1.82) is 0 Å². The number of hydrogen-bond acceptors (Lipinski definition) is 3. The van der Waals surface area contributed by atoms with Crippen molar-refractivity contribution in [2.45, 2.75) is 6.54 Å². The second kappa shape index (κ2) is 6.58. The van der Waals surface area contributed by atoms with E-state index in [0.29, 0.717) is 11.4 Å². The molecule has 0 aliphatic heterocycles. The molecule has 0 saturated heterocycles. The van der Waals surface area contributed by atoms with Crippen molar-refractivity contribution in [3.05, 3.63) is 57.8 Å². The fourth-order valence-electron chi connectivity index (χ4n) is 1.89. The van der Waals surface area contributed by atoms with Gasteiger partial charge in [0.15, 0.2) is 0 Å². The smallest absolute Gasteiger partial charge is 0.252 e. The molecular formula is C15H14BrFN2O2. The Morgan fingerprint density at radius 2 is 2.14 bits per heavy atom. The van der Waals surface area contributed by atoms with Crippen LogP contribution in [0.4, 0.5) is 10.1 Å². The zero-order valence-electron chi connectivity index (χ0n) is 11.3. The number of methoxy groups -OCH3 is 1. The van der Waals surface area contributed by atoms with Crippen molar-refractivity contribution >= 4 is 27.5 Å². The Balaban J connectivity index is 2.15. The molecular weight excluding hydrogens is 339 g/mol. The lowest BCUT2D eigenvalue weighted by molar-refractivity contribution is 0.0949. The summed E-state index contributed by atoms with van der Waals surface area (Å²) in [5.41, 5.74) is 7.28. The Labute approximate surface area is 130 Å². The van der Waals surface area contributed by atoms with Gasteiger partial charge in [-0.1, -0.05) is 6.07 Å². The summed E-state index contributed by atoms with van der Waals surface area (Å²) < 4.78 is 18.8. The van der Waals surface area contributed by atoms with E-state index in [-0.39, 0.29) is 22.5 Å². The summed E-state index contributed by atoms with van der Waals surface area (Å²) in [6.45, 7) is 0.232. The van der Waals surface area contributed by atoms with Crippen molar-refractivity contribution in [1.82, 2.24) is 5.32 Å². The summed E-state index contributed by atoms with van der Waals surface area (Å²) in [6.07, 6.45) is 0. The molecule has 3 N–H and O–H groups in total. The molecule has 0 bridgehead atoms. The first-order valence-corrected chi connectivity index (χ1v) is 6.97. The summed E-state index contributed by atoms with van der Waals surface area (Å²) in [5, 5.41) is 2.71. The van der Waals surface area contributed by atoms with Crippen LogP contribution in [0.5, 0.6) is 5.75 Å². The van der Waals surface area contributed by atoms with E-state index in [4.69, 9.17) is 10.5 Å². The van der Waals surface area contributed by atoms with Crippen LogP contribution < -0.4 is 15.8 Å². The van der Waals surface area contributed by atoms with Crippen LogP contribution in [0, 0.1) is 5.82 Å². The van der Waals surface area contributed by atoms with Gasteiger partial charge in [-0.05, 0) is 46.3 Å². The molecule has 2 aromatic rings. The molecule has 1 amide bonds. The minimum atomic E-state index is -0.482. The van der Waals surface area contributed by atoms with Crippen molar-refractivity contribution < 1.29 is 13.9 Å². The minimum Gasteiger partial charge on any atom is -0.496 e. The Bertz CT molecular complexity index is 677. The fourth-order valence-corrected chi connectivity index (χ4v) is 2.33. The Morgan fingerprint density at radius 3 is 2.86 bits per heavy atom. The van der Waals surface area contributed by atoms with Gasteiger partial charge >= 0.3 is 0 Å². The number of benzene rings is 2. The molecule has 4 nitrogen and oxygen atoms in total. The van der Waals surface area contributed by atoms with Crippen LogP contribution >= 0.6 is 15.9 Å². The first-order valence-electron chi connectivity index (χ1n) is 6.17. The minimum absolute atomic E-state index is 0.141. The molecule has 0 spiro atoms. The van der Waals surface area contributed by atoms with Gasteiger partial charge in [0.05, 0.1) is 17.1 Å². The number of carbonyl (C=O) groups excluding carboxylic acids is 1. The predicted octanol–water partition coefficient (Wildman–Crippen LogP) is 3.11. The standard InChI is InChI=1S/C15H14BrFN2O2/c1-21-13-6-5-10(18)7-9(13)8-19-15(20)11-3-2-4-12(17)14(11)16/h2-7H,8,18H2,1H3,(H,19,20). The lowest BCUT2D eigenvalue weighted by Gasteiger charge is -2.11. The molecule has 110 valence electrons. The number of hydrogen-bond donors (Lipinski definition) is 2. The molecule has 6 heteroatoms. The van der Waals surface area contributed by atoms with E-state index >= 15 is 0 Å². The number of anilines is 1. The third-order valence-corrected chi connectivity index (χ3v) is 3.75. The maximum absolute atomic E-state index is 13.4. The highest BCUT2D eigenvalue weighted by Crippen LogP contribution is 2.22. The van der Waals surface area contributed by atoms with Gasteiger partial charge in [0, 0.05) is 17.8 Å². The van der Waals surface area contributed by atoms with Crippen LogP contribution in [0.15, 0.2) is 40.9 Å². The zero-order chi connectivity index (χ0) is 15.4. The average Bonchev–Trinajstić information content (AvgIpc) is 2.47. The second-order valence-corrected chi connectivity index (χ2v) is 5.15. The third kappa shape index (κ3) is 3.52. The van der Waals surface area contributed by atoms with Gasteiger partial charge in [-0.3, -0.25) is 4.79 Å². The van der Waals surface area contributed by atoms with E-state index in [9.17, 15) is 9.18 Å². The number of nitrogens with one attached hydrogen (secondary N) is 1. The van der Waals surface area contributed by atoms with Crippen LogP contribution in [0.3, 0.4) is 0 Å². The van der Waals surface area contributed by atoms with E-state index in [1.165, 1.54) is 12.1 Å². The van der Waals surface area contributed by atoms with E-state index in [1.807, 2.05) is 0 Å². The van der Waals surface area contributed by atoms with Gasteiger partial charge in [-0.25, -0.2) is 4.39 Å². The summed E-state index contributed by atoms with van der Waals surface area (Å²) in [7, 11) is 1.54. The first kappa shape index (κ1) is 15.3. The molecule has 2 aromatic carbocycles. The lowest BCUT2D eigenvalue weighted by Crippen LogP contribution is -2.23. The number of halogens is 2. The highest BCUT2D eigenvalue weighted by atomic mass is 79.9. The van der Waals surface area contributed by atoms with Gasteiger partial charge in [-0.15, -0.1) is 0 Å². The molecule has 0 aliphatic rings. The summed E-state index contributed by atoms with van der Waals surface area (Å²) in [5.74, 6) is -0.238. The van der Waals surface area contributed by atoms with Gasteiger partial charge in [-0.2, -0.15) is 0 Å².